The van der Waals surface area contributed by atoms with E-state index in [4.69, 9.17) is 4.74 Å². The minimum atomic E-state index is -0.770. The lowest BCUT2D eigenvalue weighted by molar-refractivity contribution is -0.123. The molecule has 2 N–H and O–H groups in total. The zero-order valence-corrected chi connectivity index (χ0v) is 14.4. The summed E-state index contributed by atoms with van der Waals surface area (Å²) in [4.78, 5) is 22.0. The van der Waals surface area contributed by atoms with Gasteiger partial charge in [0.1, 0.15) is 5.60 Å². The molecule has 0 unspecified atom stereocenters. The summed E-state index contributed by atoms with van der Waals surface area (Å²) in [6.45, 7) is 1.14. The van der Waals surface area contributed by atoms with Crippen molar-refractivity contribution < 1.29 is 14.6 Å². The Kier molecular flexibility index (Phi) is 4.44. The number of aliphatic hydroxyl groups excluding tert-OH is 1. The topological polar surface area (TPSA) is 78.5 Å². The summed E-state index contributed by atoms with van der Waals surface area (Å²) in [6.07, 6.45) is 2.18. The van der Waals surface area contributed by atoms with Gasteiger partial charge in [0.15, 0.2) is 0 Å². The average molecular weight is 351 g/mol. The molecule has 1 fully saturated rings. The second-order valence-electron chi connectivity index (χ2n) is 6.71. The molecular weight excluding hydrogens is 330 g/mol. The first-order valence-corrected chi connectivity index (χ1v) is 8.70. The average Bonchev–Trinajstić information content (AvgIpc) is 3.16. The third-order valence-electron chi connectivity index (χ3n) is 4.86. The predicted octanol–water partition coefficient (Wildman–Crippen LogP) is 2.01. The van der Waals surface area contributed by atoms with Crippen LogP contribution in [0, 0.1) is 0 Å². The van der Waals surface area contributed by atoms with Gasteiger partial charge in [-0.2, -0.15) is 0 Å². The highest BCUT2D eigenvalue weighted by molar-refractivity contribution is 5.97. The number of nitrogens with one attached hydrogen (secondary N) is 1. The number of morpholine rings is 1. The standard InChI is InChI=1S/C20H21N3O3/c24-13-20(11-15-4-2-1-3-5-15)12-23(8-9-26-20)19(25)16-6-7-17-18(10-16)22-14-21-17/h1-7,10,14,24H,8-9,11-13H2,(H,21,22)/t20-/m0/s1. The monoisotopic (exact) mass is 351 g/mol. The van der Waals surface area contributed by atoms with Gasteiger partial charge in [0.05, 0.1) is 37.1 Å². The molecule has 2 aromatic carbocycles. The molecule has 4 rings (SSSR count). The van der Waals surface area contributed by atoms with Crippen LogP contribution in [0.25, 0.3) is 11.0 Å². The lowest BCUT2D eigenvalue weighted by Crippen LogP contribution is -2.56. The Labute approximate surface area is 151 Å². The van der Waals surface area contributed by atoms with Crippen molar-refractivity contribution in [3.8, 4) is 0 Å². The molecule has 0 aliphatic carbocycles. The van der Waals surface area contributed by atoms with Crippen molar-refractivity contribution in [1.82, 2.24) is 14.9 Å². The number of hydrogen-bond acceptors (Lipinski definition) is 4. The lowest BCUT2D eigenvalue weighted by Gasteiger charge is -2.42. The molecule has 6 heteroatoms. The molecule has 0 saturated carbocycles. The van der Waals surface area contributed by atoms with E-state index in [0.717, 1.165) is 16.6 Å². The van der Waals surface area contributed by atoms with Crippen LogP contribution in [-0.4, -0.2) is 57.8 Å². The maximum atomic E-state index is 13.0. The van der Waals surface area contributed by atoms with E-state index < -0.39 is 5.60 Å². The third-order valence-corrected chi connectivity index (χ3v) is 4.86. The van der Waals surface area contributed by atoms with E-state index in [-0.39, 0.29) is 12.5 Å². The second-order valence-corrected chi connectivity index (χ2v) is 6.71. The van der Waals surface area contributed by atoms with Crippen LogP contribution in [0.15, 0.2) is 54.9 Å². The second kappa shape index (κ2) is 6.90. The van der Waals surface area contributed by atoms with Gasteiger partial charge < -0.3 is 19.7 Å². The SMILES string of the molecule is O=C(c1ccc2nc[nH]c2c1)N1CCO[C@@](CO)(Cc2ccccc2)C1. The summed E-state index contributed by atoms with van der Waals surface area (Å²) in [7, 11) is 0. The van der Waals surface area contributed by atoms with Crippen molar-refractivity contribution in [3.05, 3.63) is 66.0 Å². The Morgan fingerprint density at radius 1 is 1.27 bits per heavy atom. The van der Waals surface area contributed by atoms with Gasteiger partial charge >= 0.3 is 0 Å². The minimum Gasteiger partial charge on any atom is -0.393 e. The zero-order valence-electron chi connectivity index (χ0n) is 14.4. The normalized spacial score (nSPS) is 20.4. The number of rotatable bonds is 4. The number of ether oxygens (including phenoxy) is 1. The Morgan fingerprint density at radius 3 is 2.92 bits per heavy atom. The first-order chi connectivity index (χ1) is 12.7. The number of carbonyl (C=O) groups is 1. The van der Waals surface area contributed by atoms with Crippen molar-refractivity contribution in [2.75, 3.05) is 26.3 Å². The molecule has 134 valence electrons. The Bertz CT molecular complexity index is 909. The molecule has 26 heavy (non-hydrogen) atoms. The number of aromatic amines is 1. The summed E-state index contributed by atoms with van der Waals surface area (Å²) in [5.74, 6) is -0.0595. The van der Waals surface area contributed by atoms with E-state index >= 15 is 0 Å². The van der Waals surface area contributed by atoms with Gasteiger partial charge in [-0.15, -0.1) is 0 Å². The molecule has 1 aromatic heterocycles. The number of hydrogen-bond donors (Lipinski definition) is 2. The molecule has 1 amide bonds. The summed E-state index contributed by atoms with van der Waals surface area (Å²) < 4.78 is 5.93. The number of aliphatic hydroxyl groups is 1. The van der Waals surface area contributed by atoms with E-state index in [1.54, 1.807) is 17.3 Å². The molecule has 2 heterocycles. The van der Waals surface area contributed by atoms with Crippen LogP contribution in [0.5, 0.6) is 0 Å². The van der Waals surface area contributed by atoms with Crippen molar-refractivity contribution in [1.29, 1.82) is 0 Å². The summed E-state index contributed by atoms with van der Waals surface area (Å²) >= 11 is 0. The molecular formula is C20H21N3O3. The van der Waals surface area contributed by atoms with E-state index in [1.807, 2.05) is 42.5 Å². The van der Waals surface area contributed by atoms with Crippen LogP contribution < -0.4 is 0 Å². The summed E-state index contributed by atoms with van der Waals surface area (Å²) in [6, 6.07) is 15.3. The lowest BCUT2D eigenvalue weighted by atomic mass is 9.93. The zero-order chi connectivity index (χ0) is 18.0. The highest BCUT2D eigenvalue weighted by Crippen LogP contribution is 2.24. The summed E-state index contributed by atoms with van der Waals surface area (Å²) in [5, 5.41) is 10.0. The largest absolute Gasteiger partial charge is 0.393 e. The fourth-order valence-corrected chi connectivity index (χ4v) is 3.50. The smallest absolute Gasteiger partial charge is 0.254 e. The number of aromatic nitrogens is 2. The fraction of sp³-hybridized carbons (Fsp3) is 0.300. The number of imidazole rings is 1. The van der Waals surface area contributed by atoms with E-state index in [1.165, 1.54) is 0 Å². The molecule has 1 saturated heterocycles. The maximum Gasteiger partial charge on any atom is 0.254 e. The number of amides is 1. The van der Waals surface area contributed by atoms with Gasteiger partial charge in [0, 0.05) is 18.5 Å². The van der Waals surface area contributed by atoms with Gasteiger partial charge in [0.2, 0.25) is 0 Å². The predicted molar refractivity (Wildman–Crippen MR) is 97.9 cm³/mol. The van der Waals surface area contributed by atoms with Crippen LogP contribution in [-0.2, 0) is 11.2 Å². The van der Waals surface area contributed by atoms with Crippen LogP contribution in [0.1, 0.15) is 15.9 Å². The molecule has 1 atom stereocenters. The number of H-pyrrole nitrogens is 1. The van der Waals surface area contributed by atoms with E-state index in [9.17, 15) is 9.90 Å². The van der Waals surface area contributed by atoms with Gasteiger partial charge in [0.25, 0.3) is 5.91 Å². The van der Waals surface area contributed by atoms with Crippen molar-refractivity contribution >= 4 is 16.9 Å². The molecule has 0 bridgehead atoms. The van der Waals surface area contributed by atoms with Crippen LogP contribution in [0.4, 0.5) is 0 Å². The quantitative estimate of drug-likeness (QED) is 0.754. The first kappa shape index (κ1) is 16.8. The van der Waals surface area contributed by atoms with Gasteiger partial charge in [-0.05, 0) is 23.8 Å². The van der Waals surface area contributed by atoms with Gasteiger partial charge in [-0.25, -0.2) is 4.98 Å². The molecule has 0 spiro atoms. The third kappa shape index (κ3) is 3.21. The Morgan fingerprint density at radius 2 is 2.12 bits per heavy atom. The fourth-order valence-electron chi connectivity index (χ4n) is 3.50. The van der Waals surface area contributed by atoms with Crippen molar-refractivity contribution in [2.24, 2.45) is 0 Å². The van der Waals surface area contributed by atoms with Crippen LogP contribution in [0.2, 0.25) is 0 Å². The highest BCUT2D eigenvalue weighted by Gasteiger charge is 2.38. The molecule has 1 aliphatic heterocycles. The van der Waals surface area contributed by atoms with Crippen LogP contribution in [0.3, 0.4) is 0 Å². The number of benzene rings is 2. The molecule has 3 aromatic rings. The van der Waals surface area contributed by atoms with Crippen LogP contribution >= 0.6 is 0 Å². The summed E-state index contributed by atoms with van der Waals surface area (Å²) in [5.41, 5.74) is 2.58. The Balaban J connectivity index is 1.55. The van der Waals surface area contributed by atoms with Crippen molar-refractivity contribution in [3.63, 3.8) is 0 Å². The molecule has 1 aliphatic rings. The van der Waals surface area contributed by atoms with Gasteiger partial charge in [-0.3, -0.25) is 4.79 Å². The molecule has 6 nitrogen and oxygen atoms in total. The minimum absolute atomic E-state index is 0.0595. The highest BCUT2D eigenvalue weighted by atomic mass is 16.5. The van der Waals surface area contributed by atoms with Crippen molar-refractivity contribution in [2.45, 2.75) is 12.0 Å². The van der Waals surface area contributed by atoms with Gasteiger partial charge in [-0.1, -0.05) is 30.3 Å². The van der Waals surface area contributed by atoms with E-state index in [2.05, 4.69) is 9.97 Å². The first-order valence-electron chi connectivity index (χ1n) is 8.70. The number of nitrogens with zero attached hydrogens (tertiary/aromatic N) is 2. The maximum absolute atomic E-state index is 13.0. The van der Waals surface area contributed by atoms with E-state index in [0.29, 0.717) is 31.7 Å². The molecule has 0 radical (unpaired) electrons. The Hall–Kier alpha value is -2.70. The number of fused-ring (bicyclic) bond motifs is 1. The number of carbonyl (C=O) groups excluding carboxylic acids is 1.